The zero-order chi connectivity index (χ0) is 17.6. The first-order valence-electron chi connectivity index (χ1n) is 9.13. The molecule has 2 heterocycles. The van der Waals surface area contributed by atoms with Crippen LogP contribution in [0.25, 0.3) is 6.08 Å². The van der Waals surface area contributed by atoms with Gasteiger partial charge in [-0.2, -0.15) is 0 Å². The van der Waals surface area contributed by atoms with Gasteiger partial charge in [0.2, 0.25) is 11.8 Å². The quantitative estimate of drug-likeness (QED) is 0.786. The molecule has 0 atom stereocenters. The van der Waals surface area contributed by atoms with Gasteiger partial charge in [-0.25, -0.2) is 0 Å². The van der Waals surface area contributed by atoms with Crippen LogP contribution >= 0.6 is 0 Å². The zero-order valence-corrected chi connectivity index (χ0v) is 14.9. The molecule has 5 nitrogen and oxygen atoms in total. The summed E-state index contributed by atoms with van der Waals surface area (Å²) in [7, 11) is 2.09. The number of rotatable bonds is 3. The summed E-state index contributed by atoms with van der Waals surface area (Å²) in [4.78, 5) is 31.1. The highest BCUT2D eigenvalue weighted by Crippen LogP contribution is 2.21. The van der Waals surface area contributed by atoms with E-state index in [1.54, 1.807) is 6.08 Å². The highest BCUT2D eigenvalue weighted by atomic mass is 16.2. The van der Waals surface area contributed by atoms with Crippen molar-refractivity contribution in [3.05, 3.63) is 42.0 Å². The van der Waals surface area contributed by atoms with Gasteiger partial charge in [-0.05, 0) is 31.5 Å². The van der Waals surface area contributed by atoms with Gasteiger partial charge >= 0.3 is 0 Å². The number of benzene rings is 1. The molecule has 0 bridgehead atoms. The number of nitrogens with zero attached hydrogens (tertiary/aromatic N) is 3. The topological polar surface area (TPSA) is 43.9 Å². The normalized spacial score (nSPS) is 20.2. The molecule has 0 aliphatic carbocycles. The van der Waals surface area contributed by atoms with Crippen molar-refractivity contribution < 1.29 is 9.59 Å². The van der Waals surface area contributed by atoms with Gasteiger partial charge in [0.1, 0.15) is 0 Å². The Balaban J connectivity index is 1.47. The number of amides is 2. The number of likely N-dealkylation sites (N-methyl/N-ethyl adjacent to an activating group) is 1. The van der Waals surface area contributed by atoms with Crippen LogP contribution in [0, 0.1) is 5.92 Å². The van der Waals surface area contributed by atoms with Crippen LogP contribution in [0.5, 0.6) is 0 Å². The SMILES string of the molecule is CN1CCN(C(=O)C2CCN(C(=O)C=Cc3ccccc3)CC2)CC1. The van der Waals surface area contributed by atoms with Crippen molar-refractivity contribution in [2.75, 3.05) is 46.3 Å². The van der Waals surface area contributed by atoms with Crippen LogP contribution in [0.2, 0.25) is 0 Å². The van der Waals surface area contributed by atoms with E-state index < -0.39 is 0 Å². The van der Waals surface area contributed by atoms with Gasteiger partial charge < -0.3 is 14.7 Å². The van der Waals surface area contributed by atoms with E-state index in [2.05, 4.69) is 11.9 Å². The van der Waals surface area contributed by atoms with E-state index in [4.69, 9.17) is 0 Å². The molecule has 25 heavy (non-hydrogen) atoms. The lowest BCUT2D eigenvalue weighted by Gasteiger charge is -2.37. The number of hydrogen-bond donors (Lipinski definition) is 0. The van der Waals surface area contributed by atoms with Gasteiger partial charge in [-0.1, -0.05) is 30.3 Å². The second-order valence-corrected chi connectivity index (χ2v) is 6.97. The highest BCUT2D eigenvalue weighted by molar-refractivity contribution is 5.92. The van der Waals surface area contributed by atoms with E-state index in [-0.39, 0.29) is 17.7 Å². The predicted octanol–water partition coefficient (Wildman–Crippen LogP) is 1.71. The lowest BCUT2D eigenvalue weighted by Crippen LogP contribution is -2.50. The molecule has 0 saturated carbocycles. The summed E-state index contributed by atoms with van der Waals surface area (Å²) < 4.78 is 0. The molecule has 3 rings (SSSR count). The fraction of sp³-hybridized carbons (Fsp3) is 0.500. The van der Waals surface area contributed by atoms with E-state index >= 15 is 0 Å². The molecule has 0 spiro atoms. The van der Waals surface area contributed by atoms with Crippen molar-refractivity contribution in [2.24, 2.45) is 5.92 Å². The summed E-state index contributed by atoms with van der Waals surface area (Å²) in [6.07, 6.45) is 5.04. The molecule has 2 fully saturated rings. The minimum Gasteiger partial charge on any atom is -0.340 e. The fourth-order valence-electron chi connectivity index (χ4n) is 3.47. The summed E-state index contributed by atoms with van der Waals surface area (Å²) in [6, 6.07) is 9.83. The number of likely N-dealkylation sites (tertiary alicyclic amines) is 1. The molecule has 5 heteroatoms. The number of carbonyl (C=O) groups excluding carboxylic acids is 2. The van der Waals surface area contributed by atoms with Crippen LogP contribution in [-0.2, 0) is 9.59 Å². The van der Waals surface area contributed by atoms with Gasteiger partial charge in [0.15, 0.2) is 0 Å². The van der Waals surface area contributed by atoms with E-state index in [1.807, 2.05) is 46.2 Å². The van der Waals surface area contributed by atoms with Crippen LogP contribution in [-0.4, -0.2) is 72.8 Å². The Labute approximate surface area is 149 Å². The number of hydrogen-bond acceptors (Lipinski definition) is 3. The molecule has 2 aliphatic rings. The minimum atomic E-state index is 0.0364. The third kappa shape index (κ3) is 4.69. The van der Waals surface area contributed by atoms with Crippen molar-refractivity contribution in [2.45, 2.75) is 12.8 Å². The molecule has 134 valence electrons. The Morgan fingerprint density at radius 3 is 2.20 bits per heavy atom. The molecular weight excluding hydrogens is 314 g/mol. The van der Waals surface area contributed by atoms with Crippen molar-refractivity contribution in [3.8, 4) is 0 Å². The lowest BCUT2D eigenvalue weighted by atomic mass is 9.95. The first kappa shape index (κ1) is 17.7. The Morgan fingerprint density at radius 2 is 1.56 bits per heavy atom. The van der Waals surface area contributed by atoms with Crippen molar-refractivity contribution >= 4 is 17.9 Å². The summed E-state index contributed by atoms with van der Waals surface area (Å²) in [5, 5.41) is 0. The second kappa shape index (κ2) is 8.30. The molecule has 2 saturated heterocycles. The maximum atomic E-state index is 12.6. The Kier molecular flexibility index (Phi) is 5.87. The fourth-order valence-corrected chi connectivity index (χ4v) is 3.47. The van der Waals surface area contributed by atoms with Gasteiger partial charge in [-0.3, -0.25) is 9.59 Å². The molecule has 2 amide bonds. The first-order valence-corrected chi connectivity index (χ1v) is 9.13. The maximum Gasteiger partial charge on any atom is 0.246 e. The molecular formula is C20H27N3O2. The van der Waals surface area contributed by atoms with Crippen LogP contribution in [0.3, 0.4) is 0 Å². The van der Waals surface area contributed by atoms with E-state index in [1.165, 1.54) is 0 Å². The van der Waals surface area contributed by atoms with Crippen molar-refractivity contribution in [1.29, 1.82) is 0 Å². The van der Waals surface area contributed by atoms with Crippen LogP contribution in [0.4, 0.5) is 0 Å². The average molecular weight is 341 g/mol. The number of carbonyl (C=O) groups is 2. The van der Waals surface area contributed by atoms with E-state index in [9.17, 15) is 9.59 Å². The molecule has 1 aromatic carbocycles. The van der Waals surface area contributed by atoms with Crippen LogP contribution < -0.4 is 0 Å². The van der Waals surface area contributed by atoms with Gasteiger partial charge in [0, 0.05) is 51.3 Å². The largest absolute Gasteiger partial charge is 0.340 e. The minimum absolute atomic E-state index is 0.0364. The van der Waals surface area contributed by atoms with E-state index in [0.717, 1.165) is 44.6 Å². The van der Waals surface area contributed by atoms with Crippen LogP contribution in [0.15, 0.2) is 36.4 Å². The molecule has 0 N–H and O–H groups in total. The average Bonchev–Trinajstić information content (AvgIpc) is 2.67. The summed E-state index contributed by atoms with van der Waals surface area (Å²) in [5.74, 6) is 0.389. The number of piperidine rings is 1. The Morgan fingerprint density at radius 1 is 0.920 bits per heavy atom. The standard InChI is InChI=1S/C20H27N3O2/c1-21-13-15-23(16-14-21)20(25)18-9-11-22(12-10-18)19(24)8-7-17-5-3-2-4-6-17/h2-8,18H,9-16H2,1H3. The Bertz CT molecular complexity index is 613. The molecule has 0 unspecified atom stereocenters. The molecule has 0 aromatic heterocycles. The first-order chi connectivity index (χ1) is 12.1. The molecule has 0 radical (unpaired) electrons. The molecule has 2 aliphatic heterocycles. The number of piperazine rings is 1. The van der Waals surface area contributed by atoms with E-state index in [0.29, 0.717) is 13.1 Å². The predicted molar refractivity (Wildman–Crippen MR) is 98.9 cm³/mol. The smallest absolute Gasteiger partial charge is 0.246 e. The van der Waals surface area contributed by atoms with Crippen molar-refractivity contribution in [3.63, 3.8) is 0 Å². The third-order valence-electron chi connectivity index (χ3n) is 5.19. The lowest BCUT2D eigenvalue weighted by molar-refractivity contribution is -0.140. The van der Waals surface area contributed by atoms with Gasteiger partial charge in [0.05, 0.1) is 0 Å². The highest BCUT2D eigenvalue weighted by Gasteiger charge is 2.30. The van der Waals surface area contributed by atoms with Gasteiger partial charge in [-0.15, -0.1) is 0 Å². The second-order valence-electron chi connectivity index (χ2n) is 6.97. The molecule has 1 aromatic rings. The summed E-state index contributed by atoms with van der Waals surface area (Å²) in [5.41, 5.74) is 1.02. The van der Waals surface area contributed by atoms with Gasteiger partial charge in [0.25, 0.3) is 0 Å². The Hall–Kier alpha value is -2.14. The van der Waals surface area contributed by atoms with Crippen molar-refractivity contribution in [1.82, 2.24) is 14.7 Å². The third-order valence-corrected chi connectivity index (χ3v) is 5.19. The monoisotopic (exact) mass is 341 g/mol. The van der Waals surface area contributed by atoms with Crippen LogP contribution in [0.1, 0.15) is 18.4 Å². The summed E-state index contributed by atoms with van der Waals surface area (Å²) >= 11 is 0. The zero-order valence-electron chi connectivity index (χ0n) is 14.9. The maximum absolute atomic E-state index is 12.6. The summed E-state index contributed by atoms with van der Waals surface area (Å²) in [6.45, 7) is 4.90.